The summed E-state index contributed by atoms with van der Waals surface area (Å²) in [5.41, 5.74) is 1.53. The van der Waals surface area contributed by atoms with Crippen LogP contribution in [-0.4, -0.2) is 41.7 Å². The fourth-order valence-electron chi connectivity index (χ4n) is 3.23. The molecule has 0 fully saturated rings. The minimum Gasteiger partial charge on any atom is -0.458 e. The summed E-state index contributed by atoms with van der Waals surface area (Å²) in [5, 5.41) is 16.9. The molecule has 8 nitrogen and oxygen atoms in total. The van der Waals surface area contributed by atoms with E-state index in [1.807, 2.05) is 6.92 Å². The van der Waals surface area contributed by atoms with Crippen molar-refractivity contribution in [3.05, 3.63) is 22.7 Å². The van der Waals surface area contributed by atoms with Crippen molar-refractivity contribution in [2.45, 2.75) is 52.4 Å². The standard InChI is InChI=1S/C19H23F3N6O2S/c1-4-7-28-8-5-6-12-9-14(13(10-15(12)28)23-19(20,21)22)24-26-18-27-25-16(31-18)17(29)30-11(2)3/h9-11,23H,4-8H2,1-3H3. The molecule has 0 saturated carbocycles. The molecule has 0 aliphatic carbocycles. The van der Waals surface area contributed by atoms with E-state index in [4.69, 9.17) is 4.74 Å². The molecule has 0 spiro atoms. The lowest BCUT2D eigenvalue weighted by Crippen LogP contribution is -2.30. The van der Waals surface area contributed by atoms with Gasteiger partial charge in [0, 0.05) is 18.8 Å². The molecule has 0 amide bonds. The Morgan fingerprint density at radius 3 is 2.77 bits per heavy atom. The molecule has 2 aromatic rings. The van der Waals surface area contributed by atoms with E-state index >= 15 is 0 Å². The molecule has 1 aromatic heterocycles. The average Bonchev–Trinajstić information content (AvgIpc) is 3.14. The Labute approximate surface area is 181 Å². The van der Waals surface area contributed by atoms with E-state index in [0.29, 0.717) is 0 Å². The van der Waals surface area contributed by atoms with Crippen molar-refractivity contribution in [1.29, 1.82) is 0 Å². The van der Waals surface area contributed by atoms with E-state index in [1.54, 1.807) is 25.2 Å². The van der Waals surface area contributed by atoms with Gasteiger partial charge >= 0.3 is 12.3 Å². The van der Waals surface area contributed by atoms with Crippen LogP contribution in [0.15, 0.2) is 22.4 Å². The van der Waals surface area contributed by atoms with Gasteiger partial charge in [0.05, 0.1) is 11.8 Å². The number of aryl methyl sites for hydroxylation is 1. The maximum atomic E-state index is 13.1. The quantitative estimate of drug-likeness (QED) is 0.331. The second-order valence-electron chi connectivity index (χ2n) is 7.26. The summed E-state index contributed by atoms with van der Waals surface area (Å²) >= 11 is 0.849. The third-order valence-electron chi connectivity index (χ3n) is 4.36. The number of carbonyl (C=O) groups excluding carboxylic acids is 1. The first-order chi connectivity index (χ1) is 14.7. The molecule has 0 unspecified atom stereocenters. The fraction of sp³-hybridized carbons (Fsp3) is 0.526. The van der Waals surface area contributed by atoms with Crippen LogP contribution in [0.25, 0.3) is 0 Å². The number of fused-ring (bicyclic) bond motifs is 1. The number of halogens is 3. The second-order valence-corrected chi connectivity index (χ2v) is 8.21. The molecule has 0 radical (unpaired) electrons. The second kappa shape index (κ2) is 9.58. The number of hydrogen-bond donors (Lipinski definition) is 1. The largest absolute Gasteiger partial charge is 0.482 e. The molecule has 0 bridgehead atoms. The van der Waals surface area contributed by atoms with Crippen LogP contribution in [-0.2, 0) is 11.2 Å². The molecule has 1 aliphatic heterocycles. The first-order valence-corrected chi connectivity index (χ1v) is 10.7. The summed E-state index contributed by atoms with van der Waals surface area (Å²) in [4.78, 5) is 14.0. The molecule has 168 valence electrons. The molecule has 1 aliphatic rings. The zero-order valence-electron chi connectivity index (χ0n) is 17.4. The normalized spacial score (nSPS) is 14.2. The van der Waals surface area contributed by atoms with E-state index in [9.17, 15) is 18.0 Å². The number of rotatable bonds is 7. The molecule has 1 aromatic carbocycles. The zero-order chi connectivity index (χ0) is 22.6. The minimum atomic E-state index is -4.63. The first kappa shape index (κ1) is 22.9. The van der Waals surface area contributed by atoms with Crippen LogP contribution in [0, 0.1) is 0 Å². The predicted octanol–water partition coefficient (Wildman–Crippen LogP) is 5.61. The van der Waals surface area contributed by atoms with Crippen LogP contribution in [0.3, 0.4) is 0 Å². The smallest absolute Gasteiger partial charge is 0.458 e. The van der Waals surface area contributed by atoms with Crippen molar-refractivity contribution < 1.29 is 22.7 Å². The highest BCUT2D eigenvalue weighted by Crippen LogP contribution is 2.39. The van der Waals surface area contributed by atoms with Gasteiger partial charge in [0.2, 0.25) is 5.01 Å². The van der Waals surface area contributed by atoms with Gasteiger partial charge in [0.1, 0.15) is 5.69 Å². The van der Waals surface area contributed by atoms with Crippen molar-refractivity contribution in [2.75, 3.05) is 23.3 Å². The Bertz CT molecular complexity index is 961. The number of carbonyl (C=O) groups is 1. The Morgan fingerprint density at radius 1 is 1.32 bits per heavy atom. The third kappa shape index (κ3) is 6.12. The van der Waals surface area contributed by atoms with Crippen molar-refractivity contribution >= 4 is 39.5 Å². The summed E-state index contributed by atoms with van der Waals surface area (Å²) in [6.45, 7) is 6.99. The molecule has 31 heavy (non-hydrogen) atoms. The summed E-state index contributed by atoms with van der Waals surface area (Å²) in [5.74, 6) is -0.641. The van der Waals surface area contributed by atoms with Gasteiger partial charge in [-0.25, -0.2) is 4.79 Å². The maximum Gasteiger partial charge on any atom is 0.482 e. The van der Waals surface area contributed by atoms with Crippen molar-refractivity contribution in [1.82, 2.24) is 10.2 Å². The summed E-state index contributed by atoms with van der Waals surface area (Å²) < 4.78 is 44.3. The van der Waals surface area contributed by atoms with Crippen LogP contribution < -0.4 is 10.2 Å². The molecule has 0 atom stereocenters. The highest BCUT2D eigenvalue weighted by Gasteiger charge is 2.30. The molecule has 12 heteroatoms. The van der Waals surface area contributed by atoms with Crippen LogP contribution >= 0.6 is 11.3 Å². The number of aromatic nitrogens is 2. The Kier molecular flexibility index (Phi) is 7.08. The monoisotopic (exact) mass is 456 g/mol. The minimum absolute atomic E-state index is 0.00283. The number of nitrogens with zero attached hydrogens (tertiary/aromatic N) is 5. The maximum absolute atomic E-state index is 13.1. The summed E-state index contributed by atoms with van der Waals surface area (Å²) in [6.07, 6.45) is -2.40. The Morgan fingerprint density at radius 2 is 2.10 bits per heavy atom. The first-order valence-electron chi connectivity index (χ1n) is 9.89. The van der Waals surface area contributed by atoms with Gasteiger partial charge in [-0.1, -0.05) is 18.3 Å². The lowest BCUT2D eigenvalue weighted by molar-refractivity contribution is -0.0999. The highest BCUT2D eigenvalue weighted by molar-refractivity contribution is 7.16. The lowest BCUT2D eigenvalue weighted by Gasteiger charge is -2.32. The average molecular weight is 456 g/mol. The predicted molar refractivity (Wildman–Crippen MR) is 112 cm³/mol. The Balaban J connectivity index is 1.91. The molecular formula is C19H23F3N6O2S. The van der Waals surface area contributed by atoms with Gasteiger partial charge < -0.3 is 9.64 Å². The topological polar surface area (TPSA) is 92.1 Å². The number of benzene rings is 1. The number of esters is 1. The van der Waals surface area contributed by atoms with Gasteiger partial charge in [0.15, 0.2) is 0 Å². The van der Waals surface area contributed by atoms with E-state index < -0.39 is 12.3 Å². The number of nitrogens with one attached hydrogen (secondary N) is 1. The van der Waals surface area contributed by atoms with Crippen LogP contribution in [0.5, 0.6) is 0 Å². The van der Waals surface area contributed by atoms with E-state index in [1.165, 1.54) is 6.07 Å². The van der Waals surface area contributed by atoms with Gasteiger partial charge in [-0.05, 0) is 50.8 Å². The molecule has 1 N–H and O–H groups in total. The number of ether oxygens (including phenoxy) is 1. The SMILES string of the molecule is CCCN1CCCc2cc(N=Nc3nnc(C(=O)OC(C)C)s3)c(NC(F)(F)F)cc21. The molecule has 0 saturated heterocycles. The van der Waals surface area contributed by atoms with Crippen LogP contribution in [0.1, 0.15) is 49.0 Å². The number of azo groups is 1. The zero-order valence-corrected chi connectivity index (χ0v) is 18.2. The van der Waals surface area contributed by atoms with Gasteiger partial charge in [-0.3, -0.25) is 5.32 Å². The van der Waals surface area contributed by atoms with Crippen molar-refractivity contribution in [3.8, 4) is 0 Å². The molecule has 3 rings (SSSR count). The molecular weight excluding hydrogens is 433 g/mol. The van der Waals surface area contributed by atoms with Gasteiger partial charge in [-0.15, -0.1) is 20.4 Å². The van der Waals surface area contributed by atoms with Crippen molar-refractivity contribution in [3.63, 3.8) is 0 Å². The van der Waals surface area contributed by atoms with E-state index in [2.05, 4.69) is 25.3 Å². The Hall–Kier alpha value is -2.76. The van der Waals surface area contributed by atoms with Crippen molar-refractivity contribution in [2.24, 2.45) is 10.2 Å². The van der Waals surface area contributed by atoms with Gasteiger partial charge in [0.25, 0.3) is 5.13 Å². The summed E-state index contributed by atoms with van der Waals surface area (Å²) in [6, 6.07) is 3.08. The van der Waals surface area contributed by atoms with E-state index in [0.717, 1.165) is 54.9 Å². The molecule has 2 heterocycles. The third-order valence-corrected chi connectivity index (χ3v) is 5.14. The lowest BCUT2D eigenvalue weighted by atomic mass is 10.00. The van der Waals surface area contributed by atoms with Crippen LogP contribution in [0.2, 0.25) is 0 Å². The van der Waals surface area contributed by atoms with Gasteiger partial charge in [-0.2, -0.15) is 13.2 Å². The summed E-state index contributed by atoms with van der Waals surface area (Å²) in [7, 11) is 0. The number of anilines is 2. The number of hydrogen-bond acceptors (Lipinski definition) is 9. The number of alkyl halides is 3. The van der Waals surface area contributed by atoms with Crippen LogP contribution in [0.4, 0.5) is 35.4 Å². The fourth-order valence-corrected chi connectivity index (χ4v) is 3.78. The highest BCUT2D eigenvalue weighted by atomic mass is 32.1. The van der Waals surface area contributed by atoms with E-state index in [-0.39, 0.29) is 27.6 Å².